The number of ether oxygens (including phenoxy) is 1. The summed E-state index contributed by atoms with van der Waals surface area (Å²) in [7, 11) is -3.14. The van der Waals surface area contributed by atoms with Crippen LogP contribution in [0.25, 0.3) is 0 Å². The Balaban J connectivity index is 1.38. The normalized spacial score (nSPS) is 19.2. The summed E-state index contributed by atoms with van der Waals surface area (Å²) in [5.74, 6) is 0.796. The fourth-order valence-corrected chi connectivity index (χ4v) is 5.24. The molecule has 180 valence electrons. The van der Waals surface area contributed by atoms with Gasteiger partial charge in [0.2, 0.25) is 0 Å². The average molecular weight is 466 g/mol. The number of piperidine rings is 1. The summed E-state index contributed by atoms with van der Waals surface area (Å²) in [4.78, 5) is 19.3. The number of likely N-dealkylation sites (tertiary alicyclic amines) is 1. The van der Waals surface area contributed by atoms with E-state index in [-0.39, 0.29) is 11.8 Å². The molecule has 0 bridgehead atoms. The summed E-state index contributed by atoms with van der Waals surface area (Å²) in [6.07, 6.45) is 3.08. The molecule has 3 rings (SSSR count). The zero-order valence-electron chi connectivity index (χ0n) is 20.0. The Morgan fingerprint density at radius 2 is 1.59 bits per heavy atom. The van der Waals surface area contributed by atoms with E-state index in [0.717, 1.165) is 64.3 Å². The maximum Gasteiger partial charge on any atom is 0.410 e. The maximum atomic E-state index is 12.2. The van der Waals surface area contributed by atoms with Gasteiger partial charge in [-0.05, 0) is 76.8 Å². The van der Waals surface area contributed by atoms with Gasteiger partial charge < -0.3 is 14.5 Å². The second kappa shape index (κ2) is 10.4. The fraction of sp³-hybridized carbons (Fsp3) is 0.708. The minimum Gasteiger partial charge on any atom is -0.444 e. The van der Waals surface area contributed by atoms with Gasteiger partial charge in [-0.1, -0.05) is 6.92 Å². The van der Waals surface area contributed by atoms with E-state index in [1.807, 2.05) is 37.8 Å². The number of rotatable bonds is 6. The van der Waals surface area contributed by atoms with Gasteiger partial charge in [0.25, 0.3) is 0 Å². The summed E-state index contributed by atoms with van der Waals surface area (Å²) in [5, 5.41) is 0. The van der Waals surface area contributed by atoms with E-state index in [2.05, 4.69) is 9.80 Å². The number of anilines is 1. The molecule has 0 spiro atoms. The number of carbonyl (C=O) groups is 1. The monoisotopic (exact) mass is 465 g/mol. The highest BCUT2D eigenvalue weighted by molar-refractivity contribution is 7.91. The number of sulfone groups is 1. The van der Waals surface area contributed by atoms with E-state index >= 15 is 0 Å². The van der Waals surface area contributed by atoms with Crippen LogP contribution in [-0.4, -0.2) is 81.5 Å². The van der Waals surface area contributed by atoms with Crippen LogP contribution >= 0.6 is 0 Å². The second-order valence-corrected chi connectivity index (χ2v) is 12.2. The Morgan fingerprint density at radius 1 is 1.00 bits per heavy atom. The van der Waals surface area contributed by atoms with Crippen molar-refractivity contribution < 1.29 is 17.9 Å². The van der Waals surface area contributed by atoms with E-state index in [0.29, 0.717) is 10.8 Å². The number of amides is 1. The molecule has 0 atom stereocenters. The Bertz CT molecular complexity index is 848. The minimum absolute atomic E-state index is 0.130. The lowest BCUT2D eigenvalue weighted by Crippen LogP contribution is -2.47. The molecule has 8 heteroatoms. The first kappa shape index (κ1) is 24.8. The molecular formula is C24H39N3O4S. The lowest BCUT2D eigenvalue weighted by molar-refractivity contribution is 0.0177. The van der Waals surface area contributed by atoms with Gasteiger partial charge in [0.1, 0.15) is 5.60 Å². The molecule has 0 N–H and O–H groups in total. The predicted octanol–water partition coefficient (Wildman–Crippen LogP) is 3.64. The van der Waals surface area contributed by atoms with Crippen molar-refractivity contribution in [3.05, 3.63) is 24.3 Å². The molecule has 0 radical (unpaired) electrons. The van der Waals surface area contributed by atoms with Gasteiger partial charge in [-0.3, -0.25) is 4.90 Å². The van der Waals surface area contributed by atoms with Gasteiger partial charge >= 0.3 is 6.09 Å². The molecule has 1 aromatic carbocycles. The Morgan fingerprint density at radius 3 is 2.12 bits per heavy atom. The highest BCUT2D eigenvalue weighted by atomic mass is 32.2. The van der Waals surface area contributed by atoms with Crippen LogP contribution in [0.4, 0.5) is 10.5 Å². The minimum atomic E-state index is -3.14. The number of piperazine rings is 1. The van der Waals surface area contributed by atoms with Gasteiger partial charge in [0.05, 0.1) is 10.6 Å². The smallest absolute Gasteiger partial charge is 0.410 e. The van der Waals surface area contributed by atoms with Gasteiger partial charge in [0, 0.05) is 45.0 Å². The van der Waals surface area contributed by atoms with Gasteiger partial charge in [-0.2, -0.15) is 0 Å². The molecule has 0 aromatic heterocycles. The maximum absolute atomic E-state index is 12.2. The van der Waals surface area contributed by atoms with Crippen molar-refractivity contribution in [3.63, 3.8) is 0 Å². The quantitative estimate of drug-likeness (QED) is 0.639. The second-order valence-electron chi connectivity index (χ2n) is 9.93. The van der Waals surface area contributed by atoms with Crippen LogP contribution in [0.1, 0.15) is 47.0 Å². The molecule has 1 amide bonds. The van der Waals surface area contributed by atoms with Crippen LogP contribution in [0.15, 0.2) is 29.2 Å². The third-order valence-electron chi connectivity index (χ3n) is 6.43. The van der Waals surface area contributed by atoms with Crippen LogP contribution in [0.5, 0.6) is 0 Å². The SMILES string of the molecule is CCS(=O)(=O)c1ccc(N2CCN(CCC3CCN(C(=O)OC(C)(C)C)CC3)CC2)cc1. The Labute approximate surface area is 193 Å². The van der Waals surface area contributed by atoms with E-state index in [4.69, 9.17) is 4.74 Å². The Hall–Kier alpha value is -1.80. The number of carbonyl (C=O) groups excluding carboxylic acids is 1. The van der Waals surface area contributed by atoms with Gasteiger partial charge in [-0.15, -0.1) is 0 Å². The Kier molecular flexibility index (Phi) is 8.09. The molecule has 2 aliphatic heterocycles. The highest BCUT2D eigenvalue weighted by Crippen LogP contribution is 2.24. The lowest BCUT2D eigenvalue weighted by Gasteiger charge is -2.38. The van der Waals surface area contributed by atoms with Gasteiger partial charge in [0.15, 0.2) is 9.84 Å². The van der Waals surface area contributed by atoms with E-state index < -0.39 is 15.4 Å². The zero-order valence-corrected chi connectivity index (χ0v) is 20.9. The van der Waals surface area contributed by atoms with Crippen molar-refractivity contribution in [2.75, 3.05) is 56.5 Å². The first-order valence-electron chi connectivity index (χ1n) is 11.9. The number of nitrogens with zero attached hydrogens (tertiary/aromatic N) is 3. The molecule has 2 saturated heterocycles. The third-order valence-corrected chi connectivity index (χ3v) is 8.18. The summed E-state index contributed by atoms with van der Waals surface area (Å²) in [6.45, 7) is 14.0. The molecule has 0 aliphatic carbocycles. The van der Waals surface area contributed by atoms with Crippen molar-refractivity contribution in [1.29, 1.82) is 0 Å². The summed E-state index contributed by atoms with van der Waals surface area (Å²) < 4.78 is 29.5. The fourth-order valence-electron chi connectivity index (χ4n) is 4.36. The molecule has 2 fully saturated rings. The van der Waals surface area contributed by atoms with Crippen molar-refractivity contribution in [2.24, 2.45) is 5.92 Å². The molecule has 2 heterocycles. The molecular weight excluding hydrogens is 426 g/mol. The van der Waals surface area contributed by atoms with Gasteiger partial charge in [-0.25, -0.2) is 13.2 Å². The average Bonchev–Trinajstić information content (AvgIpc) is 2.77. The van der Waals surface area contributed by atoms with Crippen LogP contribution < -0.4 is 4.90 Å². The molecule has 0 saturated carbocycles. The molecule has 2 aliphatic rings. The topological polar surface area (TPSA) is 70.2 Å². The summed E-state index contributed by atoms with van der Waals surface area (Å²) >= 11 is 0. The van der Waals surface area contributed by atoms with Crippen molar-refractivity contribution >= 4 is 21.6 Å². The third kappa shape index (κ3) is 6.85. The van der Waals surface area contributed by atoms with Crippen molar-refractivity contribution in [2.45, 2.75) is 57.5 Å². The molecule has 0 unspecified atom stereocenters. The summed E-state index contributed by atoms with van der Waals surface area (Å²) in [5.41, 5.74) is 0.653. The molecule has 32 heavy (non-hydrogen) atoms. The molecule has 1 aromatic rings. The number of hydrogen-bond acceptors (Lipinski definition) is 6. The van der Waals surface area contributed by atoms with Crippen LogP contribution in [0, 0.1) is 5.92 Å². The predicted molar refractivity (Wildman–Crippen MR) is 128 cm³/mol. The first-order valence-corrected chi connectivity index (χ1v) is 13.5. The van der Waals surface area contributed by atoms with E-state index in [1.54, 1.807) is 19.1 Å². The van der Waals surface area contributed by atoms with Crippen molar-refractivity contribution in [3.8, 4) is 0 Å². The number of hydrogen-bond donors (Lipinski definition) is 0. The van der Waals surface area contributed by atoms with E-state index in [9.17, 15) is 13.2 Å². The lowest BCUT2D eigenvalue weighted by atomic mass is 9.93. The highest BCUT2D eigenvalue weighted by Gasteiger charge is 2.27. The first-order chi connectivity index (χ1) is 15.1. The standard InChI is InChI=1S/C24H39N3O4S/c1-5-32(29,30)22-8-6-21(7-9-22)26-18-16-25(17-19-26)13-10-20-11-14-27(15-12-20)23(28)31-24(2,3)4/h6-9,20H,5,10-19H2,1-4H3. The number of benzene rings is 1. The van der Waals surface area contributed by atoms with Crippen LogP contribution in [0.2, 0.25) is 0 Å². The van der Waals surface area contributed by atoms with Crippen LogP contribution in [0.3, 0.4) is 0 Å². The van der Waals surface area contributed by atoms with Crippen LogP contribution in [-0.2, 0) is 14.6 Å². The molecule has 7 nitrogen and oxygen atoms in total. The zero-order chi connectivity index (χ0) is 23.4. The van der Waals surface area contributed by atoms with E-state index in [1.165, 1.54) is 6.42 Å². The largest absolute Gasteiger partial charge is 0.444 e. The van der Waals surface area contributed by atoms with Crippen molar-refractivity contribution in [1.82, 2.24) is 9.80 Å². The summed E-state index contributed by atoms with van der Waals surface area (Å²) in [6, 6.07) is 7.31.